The molecule has 33 heavy (non-hydrogen) atoms. The molecule has 0 spiro atoms. The molecular weight excluding hydrogens is 440 g/mol. The first-order chi connectivity index (χ1) is 16.1. The normalized spacial score (nSPS) is 15.6. The Kier molecular flexibility index (Phi) is 6.20. The van der Waals surface area contributed by atoms with Gasteiger partial charge in [0.25, 0.3) is 5.92 Å². The summed E-state index contributed by atoms with van der Waals surface area (Å²) < 4.78 is 31.4. The monoisotopic (exact) mass is 463 g/mol. The fourth-order valence-electron chi connectivity index (χ4n) is 3.98. The van der Waals surface area contributed by atoms with Crippen molar-refractivity contribution in [2.24, 2.45) is 0 Å². The van der Waals surface area contributed by atoms with Crippen LogP contribution in [0.15, 0.2) is 78.0 Å². The summed E-state index contributed by atoms with van der Waals surface area (Å²) in [5, 5.41) is 0. The molecule has 1 fully saturated rings. The molecule has 0 unspecified atom stereocenters. The topological polar surface area (TPSA) is 53.9 Å². The lowest BCUT2D eigenvalue weighted by Gasteiger charge is -2.33. The van der Waals surface area contributed by atoms with Crippen LogP contribution in [0.5, 0.6) is 0 Å². The fraction of sp³-hybridized carbons (Fsp3) is 0.240. The van der Waals surface area contributed by atoms with E-state index in [2.05, 4.69) is 32.9 Å². The summed E-state index contributed by atoms with van der Waals surface area (Å²) in [5.74, 6) is -2.25. The number of piperidine rings is 1. The van der Waals surface area contributed by atoms with Crippen LogP contribution in [0, 0.1) is 0 Å². The number of nitrogens with zero attached hydrogens (tertiary/aromatic N) is 4. The third kappa shape index (κ3) is 5.12. The number of fused-ring (bicyclic) bond motifs is 1. The van der Waals surface area contributed by atoms with E-state index in [1.807, 2.05) is 48.5 Å². The first kappa shape index (κ1) is 21.7. The predicted octanol–water partition coefficient (Wildman–Crippen LogP) is 5.72. The van der Waals surface area contributed by atoms with E-state index in [1.54, 1.807) is 16.8 Å². The van der Waals surface area contributed by atoms with Gasteiger partial charge in [0.15, 0.2) is 5.82 Å². The molecule has 5 nitrogen and oxygen atoms in total. The highest BCUT2D eigenvalue weighted by molar-refractivity contribution is 7.97. The molecule has 2 aromatic carbocycles. The molecule has 1 N–H and O–H groups in total. The minimum atomic E-state index is -2.72. The van der Waals surface area contributed by atoms with E-state index in [1.165, 1.54) is 11.9 Å². The maximum Gasteiger partial charge on any atom is 0.265 e. The highest BCUT2D eigenvalue weighted by Crippen LogP contribution is 2.32. The molecule has 0 aliphatic carbocycles. The van der Waals surface area contributed by atoms with Crippen LogP contribution in [0.2, 0.25) is 0 Å². The van der Waals surface area contributed by atoms with Gasteiger partial charge in [0.05, 0.1) is 17.8 Å². The van der Waals surface area contributed by atoms with Crippen molar-refractivity contribution in [1.82, 2.24) is 19.7 Å². The zero-order valence-corrected chi connectivity index (χ0v) is 18.7. The van der Waals surface area contributed by atoms with Gasteiger partial charge in [-0.05, 0) is 48.2 Å². The number of nitrogens with one attached hydrogen (secondary N) is 1. The van der Waals surface area contributed by atoms with Crippen molar-refractivity contribution in [3.8, 4) is 11.3 Å². The molecule has 2 aromatic heterocycles. The fourth-order valence-corrected chi connectivity index (χ4v) is 4.72. The number of alkyl halides is 2. The van der Waals surface area contributed by atoms with Gasteiger partial charge in [-0.3, -0.25) is 4.72 Å². The van der Waals surface area contributed by atoms with Crippen molar-refractivity contribution in [3.63, 3.8) is 0 Å². The summed E-state index contributed by atoms with van der Waals surface area (Å²) in [6, 6.07) is 22.1. The summed E-state index contributed by atoms with van der Waals surface area (Å²) in [5.41, 5.74) is 4.11. The van der Waals surface area contributed by atoms with Gasteiger partial charge in [0.2, 0.25) is 0 Å². The van der Waals surface area contributed by atoms with E-state index in [9.17, 15) is 8.78 Å². The number of rotatable bonds is 6. The van der Waals surface area contributed by atoms with E-state index >= 15 is 0 Å². The zero-order chi connectivity index (χ0) is 22.7. The molecule has 1 aliphatic heterocycles. The summed E-state index contributed by atoms with van der Waals surface area (Å²) in [6.45, 7) is 0.947. The van der Waals surface area contributed by atoms with E-state index < -0.39 is 5.92 Å². The van der Waals surface area contributed by atoms with Gasteiger partial charge in [-0.15, -0.1) is 0 Å². The highest BCUT2D eigenvalue weighted by atomic mass is 32.2. The third-order valence-corrected chi connectivity index (χ3v) is 6.37. The summed E-state index contributed by atoms with van der Waals surface area (Å²) >= 11 is 1.56. The standard InChI is InChI=1S/C25H23F2N5S/c26-25(27)12-5-13-32(16-25)24-23-22(28-17-29-24)11-10-21(31-23)19-8-4-9-20(14-19)33-30-15-18-6-2-1-3-7-18/h1-4,6-11,14,17,30H,5,12-13,15-16H2. The molecule has 1 saturated heterocycles. The van der Waals surface area contributed by atoms with Gasteiger partial charge in [-0.2, -0.15) is 0 Å². The largest absolute Gasteiger partial charge is 0.349 e. The lowest BCUT2D eigenvalue weighted by Crippen LogP contribution is -2.43. The lowest BCUT2D eigenvalue weighted by molar-refractivity contribution is -0.0118. The van der Waals surface area contributed by atoms with Crippen LogP contribution < -0.4 is 9.62 Å². The molecule has 4 aromatic rings. The average molecular weight is 464 g/mol. The Balaban J connectivity index is 1.39. The second kappa shape index (κ2) is 9.41. The number of halogens is 2. The number of aromatic nitrogens is 3. The molecular formula is C25H23F2N5S. The summed E-state index contributed by atoms with van der Waals surface area (Å²) in [6.07, 6.45) is 1.75. The summed E-state index contributed by atoms with van der Waals surface area (Å²) in [7, 11) is 0. The van der Waals surface area contributed by atoms with Gasteiger partial charge in [-0.25, -0.2) is 23.7 Å². The smallest absolute Gasteiger partial charge is 0.265 e. The van der Waals surface area contributed by atoms with Crippen LogP contribution in [0.25, 0.3) is 22.3 Å². The molecule has 168 valence electrons. The molecule has 0 radical (unpaired) electrons. The number of hydrogen-bond acceptors (Lipinski definition) is 6. The molecule has 0 bridgehead atoms. The number of pyridine rings is 1. The predicted molar refractivity (Wildman–Crippen MR) is 128 cm³/mol. The molecule has 0 amide bonds. The van der Waals surface area contributed by atoms with Crippen LogP contribution >= 0.6 is 11.9 Å². The van der Waals surface area contributed by atoms with Crippen LogP contribution in [-0.2, 0) is 6.54 Å². The Bertz CT molecular complexity index is 1250. The van der Waals surface area contributed by atoms with Crippen molar-refractivity contribution in [2.45, 2.75) is 30.2 Å². The molecule has 0 atom stereocenters. The van der Waals surface area contributed by atoms with Gasteiger partial charge in [0, 0.05) is 30.0 Å². The van der Waals surface area contributed by atoms with E-state index in [-0.39, 0.29) is 13.0 Å². The highest BCUT2D eigenvalue weighted by Gasteiger charge is 2.36. The van der Waals surface area contributed by atoms with Crippen molar-refractivity contribution < 1.29 is 8.78 Å². The van der Waals surface area contributed by atoms with Gasteiger partial charge in [-0.1, -0.05) is 42.5 Å². The minimum absolute atomic E-state index is 0.0893. The van der Waals surface area contributed by atoms with E-state index in [0.717, 1.165) is 22.7 Å². The maximum absolute atomic E-state index is 14.0. The van der Waals surface area contributed by atoms with E-state index in [4.69, 9.17) is 4.98 Å². The Morgan fingerprint density at radius 1 is 1.00 bits per heavy atom. The summed E-state index contributed by atoms with van der Waals surface area (Å²) in [4.78, 5) is 16.1. The second-order valence-electron chi connectivity index (χ2n) is 8.08. The first-order valence-electron chi connectivity index (χ1n) is 10.9. The quantitative estimate of drug-likeness (QED) is 0.369. The van der Waals surface area contributed by atoms with Crippen LogP contribution in [0.3, 0.4) is 0 Å². The first-order valence-corrected chi connectivity index (χ1v) is 11.7. The van der Waals surface area contributed by atoms with Crippen LogP contribution in [0.1, 0.15) is 18.4 Å². The number of anilines is 1. The van der Waals surface area contributed by atoms with Crippen molar-refractivity contribution in [1.29, 1.82) is 0 Å². The minimum Gasteiger partial charge on any atom is -0.349 e. The Morgan fingerprint density at radius 2 is 1.88 bits per heavy atom. The van der Waals surface area contributed by atoms with Crippen molar-refractivity contribution >= 4 is 28.8 Å². The SMILES string of the molecule is FC1(F)CCCN(c2ncnc3ccc(-c4cccc(SNCc5ccccc5)c4)nc23)C1. The Hall–Kier alpha value is -3.10. The molecule has 8 heteroatoms. The molecule has 5 rings (SSSR count). The number of hydrogen-bond donors (Lipinski definition) is 1. The zero-order valence-electron chi connectivity index (χ0n) is 17.9. The van der Waals surface area contributed by atoms with Crippen molar-refractivity contribution in [3.05, 3.63) is 78.6 Å². The van der Waals surface area contributed by atoms with E-state index in [0.29, 0.717) is 29.8 Å². The molecule has 3 heterocycles. The average Bonchev–Trinajstić information content (AvgIpc) is 2.83. The van der Waals surface area contributed by atoms with Crippen LogP contribution in [0.4, 0.5) is 14.6 Å². The Morgan fingerprint density at radius 3 is 2.73 bits per heavy atom. The molecule has 1 aliphatic rings. The van der Waals surface area contributed by atoms with Gasteiger partial charge in [0.1, 0.15) is 11.8 Å². The second-order valence-corrected chi connectivity index (χ2v) is 9.04. The molecule has 0 saturated carbocycles. The Labute approximate surface area is 195 Å². The van der Waals surface area contributed by atoms with Crippen molar-refractivity contribution in [2.75, 3.05) is 18.0 Å². The maximum atomic E-state index is 14.0. The third-order valence-electron chi connectivity index (χ3n) is 5.59. The van der Waals surface area contributed by atoms with Crippen LogP contribution in [-0.4, -0.2) is 34.0 Å². The number of benzene rings is 2. The lowest BCUT2D eigenvalue weighted by atomic mass is 10.1. The van der Waals surface area contributed by atoms with Gasteiger partial charge < -0.3 is 4.90 Å². The van der Waals surface area contributed by atoms with Gasteiger partial charge >= 0.3 is 0 Å².